The second-order valence-electron chi connectivity index (χ2n) is 3.33. The van der Waals surface area contributed by atoms with Crippen LogP contribution in [0, 0.1) is 11.6 Å². The first kappa shape index (κ1) is 13.9. The Hall–Kier alpha value is -2.18. The predicted molar refractivity (Wildman–Crippen MR) is 60.0 cm³/mol. The molecule has 0 aliphatic rings. The number of methoxy groups -OCH3 is 1. The molecular weight excluding hydrogens is 246 g/mol. The summed E-state index contributed by atoms with van der Waals surface area (Å²) in [5.41, 5.74) is -0.146. The second kappa shape index (κ2) is 6.53. The van der Waals surface area contributed by atoms with Gasteiger partial charge in [-0.25, -0.2) is 13.6 Å². The van der Waals surface area contributed by atoms with Gasteiger partial charge in [0.05, 0.1) is 19.2 Å². The first-order valence-corrected chi connectivity index (χ1v) is 5.09. The quantitative estimate of drug-likeness (QED) is 0.807. The minimum absolute atomic E-state index is 0.00974. The summed E-state index contributed by atoms with van der Waals surface area (Å²) in [5.74, 6) is -2.08. The van der Waals surface area contributed by atoms with Crippen LogP contribution in [0.3, 0.4) is 0 Å². The van der Waals surface area contributed by atoms with Crippen LogP contribution in [-0.2, 0) is 9.53 Å². The number of carbonyl (C=O) groups is 2. The number of ether oxygens (including phenoxy) is 1. The van der Waals surface area contributed by atoms with Crippen LogP contribution >= 0.6 is 0 Å². The van der Waals surface area contributed by atoms with Crippen LogP contribution in [-0.4, -0.2) is 25.7 Å². The van der Waals surface area contributed by atoms with Gasteiger partial charge in [0.1, 0.15) is 11.6 Å². The molecule has 2 N–H and O–H groups in total. The van der Waals surface area contributed by atoms with Gasteiger partial charge in [-0.2, -0.15) is 0 Å². The molecule has 0 saturated carbocycles. The Balaban J connectivity index is 2.42. The first-order valence-electron chi connectivity index (χ1n) is 5.09. The van der Waals surface area contributed by atoms with E-state index in [1.165, 1.54) is 7.11 Å². The Morgan fingerprint density at radius 2 is 2.06 bits per heavy atom. The molecule has 0 unspecified atom stereocenters. The van der Waals surface area contributed by atoms with Crippen LogP contribution in [0.15, 0.2) is 18.2 Å². The number of anilines is 1. The number of benzene rings is 1. The molecule has 0 aliphatic carbocycles. The van der Waals surface area contributed by atoms with E-state index in [1.54, 1.807) is 0 Å². The monoisotopic (exact) mass is 258 g/mol. The van der Waals surface area contributed by atoms with Gasteiger partial charge >= 0.3 is 12.0 Å². The van der Waals surface area contributed by atoms with Crippen LogP contribution in [0.5, 0.6) is 0 Å². The van der Waals surface area contributed by atoms with E-state index in [0.717, 1.165) is 12.1 Å². The Kier molecular flexibility index (Phi) is 5.04. The molecule has 0 aliphatic heterocycles. The van der Waals surface area contributed by atoms with Gasteiger partial charge in [-0.3, -0.25) is 4.79 Å². The maximum atomic E-state index is 13.2. The van der Waals surface area contributed by atoms with Gasteiger partial charge < -0.3 is 15.4 Å². The van der Waals surface area contributed by atoms with Gasteiger partial charge in [0, 0.05) is 12.6 Å². The van der Waals surface area contributed by atoms with Gasteiger partial charge in [-0.1, -0.05) is 0 Å². The number of carbonyl (C=O) groups excluding carboxylic acids is 2. The lowest BCUT2D eigenvalue weighted by Crippen LogP contribution is -2.31. The molecule has 0 saturated heterocycles. The number of esters is 1. The van der Waals surface area contributed by atoms with Crippen LogP contribution in [0.4, 0.5) is 19.3 Å². The highest BCUT2D eigenvalue weighted by atomic mass is 19.1. The van der Waals surface area contributed by atoms with Crippen molar-refractivity contribution in [3.8, 4) is 0 Å². The zero-order chi connectivity index (χ0) is 13.5. The number of rotatable bonds is 4. The highest BCUT2D eigenvalue weighted by Gasteiger charge is 2.08. The Morgan fingerprint density at radius 1 is 1.33 bits per heavy atom. The molecule has 0 fully saturated rings. The fraction of sp³-hybridized carbons (Fsp3) is 0.273. The molecule has 0 spiro atoms. The average molecular weight is 258 g/mol. The largest absolute Gasteiger partial charge is 0.469 e. The molecular formula is C11H12F2N2O3. The summed E-state index contributed by atoms with van der Waals surface area (Å²) >= 11 is 0. The molecule has 0 aromatic heterocycles. The summed E-state index contributed by atoms with van der Waals surface area (Å²) in [6.45, 7) is 0.0569. The van der Waals surface area contributed by atoms with E-state index in [1.807, 2.05) is 0 Å². The summed E-state index contributed by atoms with van der Waals surface area (Å²) in [5, 5.41) is 4.51. The lowest BCUT2D eigenvalue weighted by Gasteiger charge is -2.07. The molecule has 1 rings (SSSR count). The Bertz CT molecular complexity index is 452. The molecule has 0 atom stereocenters. The molecule has 2 amide bonds. The predicted octanol–water partition coefficient (Wildman–Crippen LogP) is 1.65. The topological polar surface area (TPSA) is 67.4 Å². The maximum Gasteiger partial charge on any atom is 0.319 e. The number of amides is 2. The molecule has 0 bridgehead atoms. The normalized spacial score (nSPS) is 9.72. The van der Waals surface area contributed by atoms with Crippen molar-refractivity contribution < 1.29 is 23.1 Å². The summed E-state index contributed by atoms with van der Waals surface area (Å²) in [4.78, 5) is 22.0. The highest BCUT2D eigenvalue weighted by molar-refractivity contribution is 5.89. The molecule has 1 aromatic carbocycles. The summed E-state index contributed by atoms with van der Waals surface area (Å²) in [7, 11) is 1.23. The Labute approximate surface area is 102 Å². The maximum absolute atomic E-state index is 13.2. The fourth-order valence-corrected chi connectivity index (χ4v) is 1.14. The molecule has 18 heavy (non-hydrogen) atoms. The van der Waals surface area contributed by atoms with E-state index in [4.69, 9.17) is 0 Å². The number of urea groups is 1. The van der Waals surface area contributed by atoms with Gasteiger partial charge in [-0.15, -0.1) is 0 Å². The molecule has 98 valence electrons. The molecule has 0 radical (unpaired) electrons. The standard InChI is InChI=1S/C11H12F2N2O3/c1-18-10(16)4-5-14-11(17)15-9-3-2-7(12)6-8(9)13/h2-3,6H,4-5H2,1H3,(H2,14,15,17). The third-order valence-electron chi connectivity index (χ3n) is 2.02. The SMILES string of the molecule is COC(=O)CCNC(=O)Nc1ccc(F)cc1F. The highest BCUT2D eigenvalue weighted by Crippen LogP contribution is 2.14. The minimum atomic E-state index is -0.877. The van der Waals surface area contributed by atoms with E-state index in [2.05, 4.69) is 15.4 Å². The number of halogens is 2. The van der Waals surface area contributed by atoms with Crippen molar-refractivity contribution >= 4 is 17.7 Å². The lowest BCUT2D eigenvalue weighted by atomic mass is 10.3. The van der Waals surface area contributed by atoms with Crippen molar-refractivity contribution in [2.75, 3.05) is 19.0 Å². The molecule has 0 heterocycles. The van der Waals surface area contributed by atoms with Gasteiger partial charge in [0.15, 0.2) is 0 Å². The van der Waals surface area contributed by atoms with Crippen molar-refractivity contribution in [1.29, 1.82) is 0 Å². The minimum Gasteiger partial charge on any atom is -0.469 e. The number of hydrogen-bond acceptors (Lipinski definition) is 3. The lowest BCUT2D eigenvalue weighted by molar-refractivity contribution is -0.140. The smallest absolute Gasteiger partial charge is 0.319 e. The van der Waals surface area contributed by atoms with Gasteiger partial charge in [0.25, 0.3) is 0 Å². The Morgan fingerprint density at radius 3 is 2.67 bits per heavy atom. The second-order valence-corrected chi connectivity index (χ2v) is 3.33. The van der Waals surface area contributed by atoms with E-state index in [0.29, 0.717) is 6.07 Å². The van der Waals surface area contributed by atoms with E-state index < -0.39 is 23.6 Å². The van der Waals surface area contributed by atoms with Crippen LogP contribution in [0.2, 0.25) is 0 Å². The van der Waals surface area contributed by atoms with Crippen molar-refractivity contribution in [3.63, 3.8) is 0 Å². The fourth-order valence-electron chi connectivity index (χ4n) is 1.14. The summed E-state index contributed by atoms with van der Waals surface area (Å²) < 4.78 is 30.1. The van der Waals surface area contributed by atoms with Crippen molar-refractivity contribution in [3.05, 3.63) is 29.8 Å². The van der Waals surface area contributed by atoms with E-state index in [9.17, 15) is 18.4 Å². The van der Waals surface area contributed by atoms with Crippen molar-refractivity contribution in [2.24, 2.45) is 0 Å². The van der Waals surface area contributed by atoms with Crippen LogP contribution in [0.1, 0.15) is 6.42 Å². The molecule has 1 aromatic rings. The number of hydrogen-bond donors (Lipinski definition) is 2. The summed E-state index contributed by atoms with van der Waals surface area (Å²) in [6, 6.07) is 2.09. The van der Waals surface area contributed by atoms with Crippen LogP contribution in [0.25, 0.3) is 0 Å². The van der Waals surface area contributed by atoms with Crippen molar-refractivity contribution in [1.82, 2.24) is 5.32 Å². The third-order valence-corrected chi connectivity index (χ3v) is 2.02. The van der Waals surface area contributed by atoms with Crippen LogP contribution < -0.4 is 10.6 Å². The average Bonchev–Trinajstić information content (AvgIpc) is 2.32. The first-order chi connectivity index (χ1) is 8.52. The van der Waals surface area contributed by atoms with E-state index in [-0.39, 0.29) is 18.7 Å². The molecule has 5 nitrogen and oxygen atoms in total. The van der Waals surface area contributed by atoms with E-state index >= 15 is 0 Å². The van der Waals surface area contributed by atoms with Crippen molar-refractivity contribution in [2.45, 2.75) is 6.42 Å². The zero-order valence-corrected chi connectivity index (χ0v) is 9.63. The van der Waals surface area contributed by atoms with Gasteiger partial charge in [0.2, 0.25) is 0 Å². The summed E-state index contributed by atoms with van der Waals surface area (Å²) in [6.07, 6.45) is 0.00974. The van der Waals surface area contributed by atoms with Gasteiger partial charge in [-0.05, 0) is 12.1 Å². The zero-order valence-electron chi connectivity index (χ0n) is 9.63. The third kappa shape index (κ3) is 4.36. The molecule has 7 heteroatoms. The number of nitrogens with one attached hydrogen (secondary N) is 2.